The molecule has 0 aliphatic carbocycles. The van der Waals surface area contributed by atoms with Crippen molar-refractivity contribution in [1.82, 2.24) is 19.4 Å². The van der Waals surface area contributed by atoms with Crippen molar-refractivity contribution in [2.24, 2.45) is 7.05 Å². The van der Waals surface area contributed by atoms with Gasteiger partial charge < -0.3 is 25.3 Å². The van der Waals surface area contributed by atoms with Crippen LogP contribution in [0.4, 0.5) is 23.0 Å². The first-order chi connectivity index (χ1) is 16.6. The second-order valence-electron chi connectivity index (χ2n) is 9.12. The normalized spacial score (nSPS) is 16.4. The lowest BCUT2D eigenvalue weighted by atomic mass is 10.0. The molecule has 0 atom stereocenters. The fourth-order valence-electron chi connectivity index (χ4n) is 4.95. The van der Waals surface area contributed by atoms with E-state index in [0.717, 1.165) is 58.1 Å². The number of para-hydroxylation sites is 1. The molecule has 0 unspecified atom stereocenters. The first kappa shape index (κ1) is 20.8. The third-order valence-electron chi connectivity index (χ3n) is 7.03. The number of anilines is 4. The number of aryl methyl sites for hydroxylation is 1. The molecule has 2 aromatic heterocycles. The number of rotatable bonds is 6. The monoisotopic (exact) mass is 455 g/mol. The number of nitrogens with one attached hydrogen (secondary N) is 1. The van der Waals surface area contributed by atoms with Gasteiger partial charge in [-0.2, -0.15) is 0 Å². The number of nitrogens with two attached hydrogens (primary N) is 1. The van der Waals surface area contributed by atoms with Crippen LogP contribution in [-0.4, -0.2) is 58.8 Å². The van der Waals surface area contributed by atoms with Gasteiger partial charge in [0.1, 0.15) is 5.75 Å². The summed E-state index contributed by atoms with van der Waals surface area (Å²) in [5.41, 5.74) is 12.0. The van der Waals surface area contributed by atoms with Gasteiger partial charge in [0.05, 0.1) is 29.9 Å². The summed E-state index contributed by atoms with van der Waals surface area (Å²) in [5, 5.41) is 4.48. The molecule has 4 heterocycles. The standard InChI is InChI=1S/C26H29N7O/c1-31-16-19(18-6-3-4-7-23(18)31)21-8-9-28-26(29-21)30-22-12-20(27)24(13-25(22)34-2)33-14-17(15-33)32-10-5-11-32/h3-4,6-9,12-13,16-17H,5,10-11,14-15,27H2,1-2H3,(H,28,29,30). The van der Waals surface area contributed by atoms with E-state index < -0.39 is 0 Å². The molecule has 0 saturated carbocycles. The molecule has 0 radical (unpaired) electrons. The number of methoxy groups -OCH3 is 1. The molecule has 6 rings (SSSR count). The first-order valence-corrected chi connectivity index (χ1v) is 11.7. The molecule has 0 bridgehead atoms. The lowest BCUT2D eigenvalue weighted by Crippen LogP contribution is -2.62. The molecule has 8 heteroatoms. The highest BCUT2D eigenvalue weighted by Crippen LogP contribution is 2.39. The van der Waals surface area contributed by atoms with Crippen LogP contribution in [0.15, 0.2) is 54.9 Å². The topological polar surface area (TPSA) is 84.5 Å². The Balaban J connectivity index is 1.26. The van der Waals surface area contributed by atoms with Gasteiger partial charge in [-0.1, -0.05) is 18.2 Å². The Hall–Kier alpha value is -3.78. The molecule has 2 aliphatic heterocycles. The van der Waals surface area contributed by atoms with Gasteiger partial charge in [-0.25, -0.2) is 9.97 Å². The van der Waals surface area contributed by atoms with Crippen LogP contribution in [-0.2, 0) is 7.05 Å². The van der Waals surface area contributed by atoms with E-state index >= 15 is 0 Å². The SMILES string of the molecule is COc1cc(N2CC(N3CCC3)C2)c(N)cc1Nc1nccc(-c2cn(C)c3ccccc23)n1. The van der Waals surface area contributed by atoms with Crippen LogP contribution in [0.1, 0.15) is 6.42 Å². The van der Waals surface area contributed by atoms with Gasteiger partial charge in [0, 0.05) is 61.1 Å². The first-order valence-electron chi connectivity index (χ1n) is 11.7. The Bertz CT molecular complexity index is 1350. The Morgan fingerprint density at radius 1 is 1.12 bits per heavy atom. The van der Waals surface area contributed by atoms with Crippen molar-refractivity contribution in [3.63, 3.8) is 0 Å². The van der Waals surface area contributed by atoms with E-state index in [2.05, 4.69) is 43.0 Å². The second-order valence-corrected chi connectivity index (χ2v) is 9.12. The number of benzene rings is 2. The van der Waals surface area contributed by atoms with E-state index in [1.165, 1.54) is 19.5 Å². The maximum atomic E-state index is 6.47. The lowest BCUT2D eigenvalue weighted by molar-refractivity contribution is 0.0978. The van der Waals surface area contributed by atoms with E-state index in [0.29, 0.717) is 12.0 Å². The average molecular weight is 456 g/mol. The maximum absolute atomic E-state index is 6.47. The molecular weight excluding hydrogens is 426 g/mol. The van der Waals surface area contributed by atoms with Gasteiger partial charge in [-0.05, 0) is 37.7 Å². The lowest BCUT2D eigenvalue weighted by Gasteiger charge is -2.50. The van der Waals surface area contributed by atoms with Crippen molar-refractivity contribution in [2.75, 3.05) is 49.2 Å². The number of likely N-dealkylation sites (tertiary alicyclic amines) is 1. The van der Waals surface area contributed by atoms with E-state index in [1.54, 1.807) is 13.3 Å². The zero-order valence-electron chi connectivity index (χ0n) is 19.5. The molecule has 3 N–H and O–H groups in total. The van der Waals surface area contributed by atoms with Crippen LogP contribution in [0.25, 0.3) is 22.2 Å². The fourth-order valence-corrected chi connectivity index (χ4v) is 4.95. The number of hydrogen-bond donors (Lipinski definition) is 2. The second kappa shape index (κ2) is 8.22. The molecule has 2 aliphatic rings. The quantitative estimate of drug-likeness (QED) is 0.427. The number of nitrogens with zero attached hydrogens (tertiary/aromatic N) is 5. The average Bonchev–Trinajstić information content (AvgIpc) is 3.12. The summed E-state index contributed by atoms with van der Waals surface area (Å²) in [5.74, 6) is 1.22. The van der Waals surface area contributed by atoms with E-state index in [-0.39, 0.29) is 0 Å². The fraction of sp³-hybridized carbons (Fsp3) is 0.308. The summed E-state index contributed by atoms with van der Waals surface area (Å²) in [4.78, 5) is 14.1. The molecule has 0 spiro atoms. The highest BCUT2D eigenvalue weighted by atomic mass is 16.5. The van der Waals surface area contributed by atoms with Crippen LogP contribution in [0.5, 0.6) is 5.75 Å². The summed E-state index contributed by atoms with van der Waals surface area (Å²) >= 11 is 0. The molecule has 174 valence electrons. The summed E-state index contributed by atoms with van der Waals surface area (Å²) in [6.07, 6.45) is 5.19. The summed E-state index contributed by atoms with van der Waals surface area (Å²) in [6, 6.07) is 14.8. The van der Waals surface area contributed by atoms with E-state index in [1.807, 2.05) is 37.4 Å². The summed E-state index contributed by atoms with van der Waals surface area (Å²) in [7, 11) is 3.72. The molecule has 0 amide bonds. The van der Waals surface area contributed by atoms with Crippen molar-refractivity contribution in [1.29, 1.82) is 0 Å². The summed E-state index contributed by atoms with van der Waals surface area (Å²) < 4.78 is 7.82. The van der Waals surface area contributed by atoms with Gasteiger partial charge in [-0.15, -0.1) is 0 Å². The minimum Gasteiger partial charge on any atom is -0.494 e. The van der Waals surface area contributed by atoms with E-state index in [9.17, 15) is 0 Å². The van der Waals surface area contributed by atoms with Crippen molar-refractivity contribution in [2.45, 2.75) is 12.5 Å². The van der Waals surface area contributed by atoms with Crippen molar-refractivity contribution in [3.8, 4) is 17.0 Å². The highest BCUT2D eigenvalue weighted by molar-refractivity contribution is 5.95. The van der Waals surface area contributed by atoms with Gasteiger partial charge in [-0.3, -0.25) is 4.90 Å². The minimum absolute atomic E-state index is 0.498. The van der Waals surface area contributed by atoms with E-state index in [4.69, 9.17) is 15.5 Å². The maximum Gasteiger partial charge on any atom is 0.227 e. The van der Waals surface area contributed by atoms with Crippen LogP contribution < -0.4 is 20.7 Å². The van der Waals surface area contributed by atoms with Crippen molar-refractivity contribution < 1.29 is 4.74 Å². The molecule has 2 aromatic carbocycles. The Morgan fingerprint density at radius 2 is 1.94 bits per heavy atom. The number of fused-ring (bicyclic) bond motifs is 1. The smallest absolute Gasteiger partial charge is 0.227 e. The van der Waals surface area contributed by atoms with Crippen LogP contribution in [0.2, 0.25) is 0 Å². The van der Waals surface area contributed by atoms with Gasteiger partial charge in [0.2, 0.25) is 5.95 Å². The number of nitrogen functional groups attached to an aromatic ring is 1. The van der Waals surface area contributed by atoms with Crippen LogP contribution in [0.3, 0.4) is 0 Å². The number of aromatic nitrogens is 3. The van der Waals surface area contributed by atoms with Crippen molar-refractivity contribution >= 4 is 33.9 Å². The minimum atomic E-state index is 0.498. The number of hydrogen-bond acceptors (Lipinski definition) is 7. The zero-order valence-corrected chi connectivity index (χ0v) is 19.5. The zero-order chi connectivity index (χ0) is 23.2. The predicted molar refractivity (Wildman–Crippen MR) is 137 cm³/mol. The Morgan fingerprint density at radius 3 is 2.71 bits per heavy atom. The summed E-state index contributed by atoms with van der Waals surface area (Å²) in [6.45, 7) is 4.46. The molecule has 2 fully saturated rings. The molecule has 2 saturated heterocycles. The van der Waals surface area contributed by atoms with Gasteiger partial charge in [0.25, 0.3) is 0 Å². The Kier molecular flexibility index (Phi) is 5.03. The van der Waals surface area contributed by atoms with Crippen molar-refractivity contribution in [3.05, 3.63) is 54.9 Å². The molecule has 34 heavy (non-hydrogen) atoms. The molecule has 4 aromatic rings. The predicted octanol–water partition coefficient (Wildman–Crippen LogP) is 3.86. The third kappa shape index (κ3) is 3.51. The van der Waals surface area contributed by atoms with Gasteiger partial charge in [0.15, 0.2) is 0 Å². The third-order valence-corrected chi connectivity index (χ3v) is 7.03. The van der Waals surface area contributed by atoms with Gasteiger partial charge >= 0.3 is 0 Å². The number of ether oxygens (including phenoxy) is 1. The van der Waals surface area contributed by atoms with Crippen LogP contribution in [0, 0.1) is 0 Å². The van der Waals surface area contributed by atoms with Crippen LogP contribution >= 0.6 is 0 Å². The largest absolute Gasteiger partial charge is 0.494 e. The molecular formula is C26H29N7O. The molecule has 8 nitrogen and oxygen atoms in total. The Labute approximate surface area is 199 Å². The highest BCUT2D eigenvalue weighted by Gasteiger charge is 2.35.